The van der Waals surface area contributed by atoms with Crippen molar-refractivity contribution in [3.05, 3.63) is 21.7 Å². The first-order chi connectivity index (χ1) is 5.61. The Kier molecular flexibility index (Phi) is 2.79. The first kappa shape index (κ1) is 9.17. The molecule has 1 aromatic rings. The van der Waals surface area contributed by atoms with Crippen LogP contribution in [0.1, 0.15) is 0 Å². The number of nitrogens with one attached hydrogen (secondary N) is 1. The molecule has 0 atom stereocenters. The number of pyridine rings is 1. The van der Waals surface area contributed by atoms with E-state index in [1.54, 1.807) is 22.6 Å². The average Bonchev–Trinajstić information content (AvgIpc) is 1.98. The van der Waals surface area contributed by atoms with Gasteiger partial charge in [-0.15, -0.1) is 0 Å². The number of rotatable bonds is 1. The molecule has 0 radical (unpaired) electrons. The van der Waals surface area contributed by atoms with Crippen LogP contribution in [0.2, 0.25) is 0 Å². The van der Waals surface area contributed by atoms with Gasteiger partial charge >= 0.3 is 6.09 Å². The molecule has 0 bridgehead atoms. The van der Waals surface area contributed by atoms with E-state index in [1.165, 1.54) is 12.3 Å². The number of anilines is 1. The molecule has 0 aliphatic heterocycles. The predicted molar refractivity (Wildman–Crippen MR) is 48.6 cm³/mol. The van der Waals surface area contributed by atoms with Gasteiger partial charge in [-0.05, 0) is 28.7 Å². The SMILES string of the molecule is O=C(O)Nc1nccc(I)c1F. The normalized spacial score (nSPS) is 9.50. The maximum absolute atomic E-state index is 13.0. The standard InChI is InChI=1S/C6H4FIN2O2/c7-4-3(8)1-2-9-5(4)10-6(11)12/h1-2H,(H,9,10)(H,11,12). The highest BCUT2D eigenvalue weighted by molar-refractivity contribution is 14.1. The fourth-order valence-corrected chi connectivity index (χ4v) is 1.02. The van der Waals surface area contributed by atoms with E-state index in [-0.39, 0.29) is 5.82 Å². The predicted octanol–water partition coefficient (Wildman–Crippen LogP) is 1.92. The number of halogens is 2. The van der Waals surface area contributed by atoms with E-state index in [0.29, 0.717) is 3.57 Å². The molecule has 0 fully saturated rings. The third-order valence-corrected chi connectivity index (χ3v) is 1.90. The molecular weight excluding hydrogens is 278 g/mol. The number of amides is 1. The van der Waals surface area contributed by atoms with Gasteiger partial charge in [0, 0.05) is 6.20 Å². The van der Waals surface area contributed by atoms with Gasteiger partial charge in [0.05, 0.1) is 3.57 Å². The van der Waals surface area contributed by atoms with Gasteiger partial charge in [-0.25, -0.2) is 14.2 Å². The molecule has 2 N–H and O–H groups in total. The molecule has 6 heteroatoms. The third kappa shape index (κ3) is 2.03. The Morgan fingerprint density at radius 2 is 2.42 bits per heavy atom. The maximum atomic E-state index is 13.0. The van der Waals surface area contributed by atoms with Gasteiger partial charge in [0.25, 0.3) is 0 Å². The molecule has 0 saturated carbocycles. The Morgan fingerprint density at radius 1 is 1.75 bits per heavy atom. The van der Waals surface area contributed by atoms with Crippen molar-refractivity contribution in [2.24, 2.45) is 0 Å². The van der Waals surface area contributed by atoms with Crippen LogP contribution in [0, 0.1) is 9.39 Å². The quantitative estimate of drug-likeness (QED) is 0.773. The molecule has 0 unspecified atom stereocenters. The van der Waals surface area contributed by atoms with Crippen molar-refractivity contribution >= 4 is 34.5 Å². The smallest absolute Gasteiger partial charge is 0.410 e. The lowest BCUT2D eigenvalue weighted by Gasteiger charge is -2.01. The lowest BCUT2D eigenvalue weighted by molar-refractivity contribution is 0.209. The zero-order valence-corrected chi connectivity index (χ0v) is 7.87. The number of carboxylic acid groups (broad SMARTS) is 1. The Balaban J connectivity index is 3.00. The fraction of sp³-hybridized carbons (Fsp3) is 0. The highest BCUT2D eigenvalue weighted by Crippen LogP contribution is 2.16. The summed E-state index contributed by atoms with van der Waals surface area (Å²) in [6.07, 6.45) is -0.000694. The van der Waals surface area contributed by atoms with Gasteiger partial charge in [-0.1, -0.05) is 0 Å². The van der Waals surface area contributed by atoms with Crippen molar-refractivity contribution in [2.75, 3.05) is 5.32 Å². The van der Waals surface area contributed by atoms with E-state index >= 15 is 0 Å². The lowest BCUT2D eigenvalue weighted by atomic mass is 10.4. The van der Waals surface area contributed by atoms with Crippen molar-refractivity contribution in [2.45, 2.75) is 0 Å². The van der Waals surface area contributed by atoms with Crippen LogP contribution in [0.4, 0.5) is 15.0 Å². The van der Waals surface area contributed by atoms with Crippen LogP contribution in [0.15, 0.2) is 12.3 Å². The fourth-order valence-electron chi connectivity index (χ4n) is 0.609. The Morgan fingerprint density at radius 3 is 3.00 bits per heavy atom. The zero-order chi connectivity index (χ0) is 9.14. The number of aromatic nitrogens is 1. The summed E-state index contributed by atoms with van der Waals surface area (Å²) in [5.74, 6) is -0.921. The van der Waals surface area contributed by atoms with Crippen LogP contribution in [0.25, 0.3) is 0 Å². The first-order valence-electron chi connectivity index (χ1n) is 2.91. The van der Waals surface area contributed by atoms with Gasteiger partial charge in [0.2, 0.25) is 0 Å². The molecule has 1 amide bonds. The minimum Gasteiger partial charge on any atom is -0.465 e. The largest absolute Gasteiger partial charge is 0.465 e. The Hall–Kier alpha value is -0.920. The van der Waals surface area contributed by atoms with Gasteiger partial charge < -0.3 is 5.11 Å². The molecule has 0 aliphatic rings. The molecule has 1 heterocycles. The summed E-state index contributed by atoms with van der Waals surface area (Å²) in [5, 5.41) is 10.1. The summed E-state index contributed by atoms with van der Waals surface area (Å²) >= 11 is 1.75. The Bertz CT molecular complexity index is 318. The molecule has 0 spiro atoms. The van der Waals surface area contributed by atoms with Crippen molar-refractivity contribution in [3.8, 4) is 0 Å². The monoisotopic (exact) mass is 282 g/mol. The van der Waals surface area contributed by atoms with Crippen molar-refractivity contribution in [1.29, 1.82) is 0 Å². The summed E-state index contributed by atoms with van der Waals surface area (Å²) in [6, 6.07) is 1.45. The maximum Gasteiger partial charge on any atom is 0.410 e. The van der Waals surface area contributed by atoms with Crippen LogP contribution in [0.3, 0.4) is 0 Å². The van der Waals surface area contributed by atoms with Crippen LogP contribution in [-0.2, 0) is 0 Å². The molecule has 12 heavy (non-hydrogen) atoms. The number of hydrogen-bond donors (Lipinski definition) is 2. The van der Waals surface area contributed by atoms with E-state index in [9.17, 15) is 9.18 Å². The molecule has 0 aromatic carbocycles. The van der Waals surface area contributed by atoms with Crippen LogP contribution < -0.4 is 5.32 Å². The molecule has 0 saturated heterocycles. The molecular formula is C6H4FIN2O2. The molecule has 1 aromatic heterocycles. The summed E-state index contributed by atoms with van der Waals surface area (Å²) in [5.41, 5.74) is 0. The Labute approximate surface area is 80.9 Å². The molecule has 1 rings (SSSR count). The van der Waals surface area contributed by atoms with Crippen LogP contribution in [0.5, 0.6) is 0 Å². The summed E-state index contributed by atoms with van der Waals surface area (Å²) in [7, 11) is 0. The van der Waals surface area contributed by atoms with Gasteiger partial charge in [0.15, 0.2) is 11.6 Å². The van der Waals surface area contributed by atoms with E-state index in [2.05, 4.69) is 4.98 Å². The second-order valence-electron chi connectivity index (χ2n) is 1.89. The zero-order valence-electron chi connectivity index (χ0n) is 5.71. The minimum atomic E-state index is -1.33. The van der Waals surface area contributed by atoms with E-state index in [0.717, 1.165) is 0 Å². The topological polar surface area (TPSA) is 62.2 Å². The van der Waals surface area contributed by atoms with E-state index in [4.69, 9.17) is 5.11 Å². The number of nitrogens with zero attached hydrogens (tertiary/aromatic N) is 1. The lowest BCUT2D eigenvalue weighted by Crippen LogP contribution is -2.10. The third-order valence-electron chi connectivity index (χ3n) is 1.07. The summed E-state index contributed by atoms with van der Waals surface area (Å²) < 4.78 is 13.3. The average molecular weight is 282 g/mol. The molecule has 64 valence electrons. The minimum absolute atomic E-state index is 0.269. The van der Waals surface area contributed by atoms with Crippen LogP contribution >= 0.6 is 22.6 Å². The van der Waals surface area contributed by atoms with E-state index < -0.39 is 11.9 Å². The van der Waals surface area contributed by atoms with Crippen molar-refractivity contribution < 1.29 is 14.3 Å². The van der Waals surface area contributed by atoms with Crippen molar-refractivity contribution in [1.82, 2.24) is 4.98 Å². The van der Waals surface area contributed by atoms with Gasteiger partial charge in [-0.2, -0.15) is 0 Å². The highest BCUT2D eigenvalue weighted by Gasteiger charge is 2.08. The summed E-state index contributed by atoms with van der Waals surface area (Å²) in [6.45, 7) is 0. The van der Waals surface area contributed by atoms with Gasteiger partial charge in [-0.3, -0.25) is 5.32 Å². The summed E-state index contributed by atoms with van der Waals surface area (Å²) in [4.78, 5) is 13.6. The van der Waals surface area contributed by atoms with E-state index in [1.807, 2.05) is 5.32 Å². The number of carbonyl (C=O) groups is 1. The van der Waals surface area contributed by atoms with Gasteiger partial charge in [0.1, 0.15) is 0 Å². The first-order valence-corrected chi connectivity index (χ1v) is 3.99. The second kappa shape index (κ2) is 3.65. The number of hydrogen-bond acceptors (Lipinski definition) is 2. The van der Waals surface area contributed by atoms with Crippen LogP contribution in [-0.4, -0.2) is 16.2 Å². The highest BCUT2D eigenvalue weighted by atomic mass is 127. The van der Waals surface area contributed by atoms with Crippen molar-refractivity contribution in [3.63, 3.8) is 0 Å². The second-order valence-corrected chi connectivity index (χ2v) is 3.05. The molecule has 4 nitrogen and oxygen atoms in total. The molecule has 0 aliphatic carbocycles.